The molecule has 0 spiro atoms. The van der Waals surface area contributed by atoms with Gasteiger partial charge < -0.3 is 9.64 Å². The Labute approximate surface area is 95.0 Å². The molecule has 1 aliphatic rings. The Morgan fingerprint density at radius 2 is 2.47 bits per heavy atom. The third kappa shape index (κ3) is 2.61. The van der Waals surface area contributed by atoms with E-state index in [4.69, 9.17) is 16.3 Å². The van der Waals surface area contributed by atoms with Crippen LogP contribution in [0.2, 0.25) is 5.15 Å². The predicted molar refractivity (Wildman–Crippen MR) is 61.5 cm³/mol. The molecule has 1 aromatic heterocycles. The molecule has 1 unspecified atom stereocenters. The van der Waals surface area contributed by atoms with Crippen LogP contribution in [0.4, 0.5) is 5.82 Å². The summed E-state index contributed by atoms with van der Waals surface area (Å²) < 4.78 is 5.61. The predicted octanol–water partition coefficient (Wildman–Crippen LogP) is 2.35. The Morgan fingerprint density at radius 1 is 1.60 bits per heavy atom. The SMILES string of the molecule is CCC1CN(c2cccc(Cl)n2)CCO1. The van der Waals surface area contributed by atoms with Crippen molar-refractivity contribution in [1.29, 1.82) is 0 Å². The summed E-state index contributed by atoms with van der Waals surface area (Å²) in [6, 6.07) is 5.72. The van der Waals surface area contributed by atoms with Gasteiger partial charge in [-0.3, -0.25) is 0 Å². The standard InChI is InChI=1S/C11H15ClN2O/c1-2-9-8-14(6-7-15-9)11-5-3-4-10(12)13-11/h3-5,9H,2,6-8H2,1H3. The second-order valence-corrected chi connectivity index (χ2v) is 4.05. The molecule has 0 aromatic carbocycles. The highest BCUT2D eigenvalue weighted by Crippen LogP contribution is 2.18. The van der Waals surface area contributed by atoms with Crippen LogP contribution >= 0.6 is 11.6 Å². The minimum absolute atomic E-state index is 0.319. The number of aromatic nitrogens is 1. The van der Waals surface area contributed by atoms with Crippen molar-refractivity contribution in [3.63, 3.8) is 0 Å². The van der Waals surface area contributed by atoms with Crippen molar-refractivity contribution in [1.82, 2.24) is 4.98 Å². The Morgan fingerprint density at radius 3 is 3.20 bits per heavy atom. The van der Waals surface area contributed by atoms with Crippen LogP contribution in [0.3, 0.4) is 0 Å². The minimum atomic E-state index is 0.319. The smallest absolute Gasteiger partial charge is 0.131 e. The quantitative estimate of drug-likeness (QED) is 0.724. The van der Waals surface area contributed by atoms with Crippen LogP contribution in [-0.4, -0.2) is 30.8 Å². The number of ether oxygens (including phenoxy) is 1. The number of anilines is 1. The third-order valence-electron chi connectivity index (χ3n) is 2.62. The molecule has 4 heteroatoms. The summed E-state index contributed by atoms with van der Waals surface area (Å²) in [5.74, 6) is 0.948. The largest absolute Gasteiger partial charge is 0.375 e. The first-order valence-corrected chi connectivity index (χ1v) is 5.66. The summed E-state index contributed by atoms with van der Waals surface area (Å²) in [7, 11) is 0. The van der Waals surface area contributed by atoms with Crippen molar-refractivity contribution < 1.29 is 4.74 Å². The van der Waals surface area contributed by atoms with Gasteiger partial charge in [0, 0.05) is 13.1 Å². The maximum Gasteiger partial charge on any atom is 0.131 e. The van der Waals surface area contributed by atoms with Gasteiger partial charge in [0.1, 0.15) is 11.0 Å². The number of nitrogens with zero attached hydrogens (tertiary/aromatic N) is 2. The van der Waals surface area contributed by atoms with Gasteiger partial charge in [0.05, 0.1) is 12.7 Å². The van der Waals surface area contributed by atoms with Gasteiger partial charge in [-0.2, -0.15) is 0 Å². The highest BCUT2D eigenvalue weighted by Gasteiger charge is 2.19. The fourth-order valence-corrected chi connectivity index (χ4v) is 1.91. The number of halogens is 1. The molecule has 1 aliphatic heterocycles. The van der Waals surface area contributed by atoms with Crippen LogP contribution < -0.4 is 4.90 Å². The normalized spacial score (nSPS) is 21.7. The molecule has 1 atom stereocenters. The number of hydrogen-bond donors (Lipinski definition) is 0. The van der Waals surface area contributed by atoms with Gasteiger partial charge in [0.15, 0.2) is 0 Å². The van der Waals surface area contributed by atoms with Gasteiger partial charge in [0.25, 0.3) is 0 Å². The van der Waals surface area contributed by atoms with E-state index < -0.39 is 0 Å². The van der Waals surface area contributed by atoms with Crippen molar-refractivity contribution in [3.05, 3.63) is 23.4 Å². The fraction of sp³-hybridized carbons (Fsp3) is 0.545. The summed E-state index contributed by atoms with van der Waals surface area (Å²) in [5.41, 5.74) is 0. The molecule has 1 aromatic rings. The molecule has 2 rings (SSSR count). The number of pyridine rings is 1. The lowest BCUT2D eigenvalue weighted by Crippen LogP contribution is -2.42. The Balaban J connectivity index is 2.09. The zero-order valence-corrected chi connectivity index (χ0v) is 9.57. The van der Waals surface area contributed by atoms with E-state index in [9.17, 15) is 0 Å². The maximum absolute atomic E-state index is 5.87. The molecule has 0 aliphatic carbocycles. The summed E-state index contributed by atoms with van der Waals surface area (Å²) in [4.78, 5) is 6.53. The van der Waals surface area contributed by atoms with Crippen LogP contribution in [0.25, 0.3) is 0 Å². The summed E-state index contributed by atoms with van der Waals surface area (Å²) in [6.07, 6.45) is 1.36. The van der Waals surface area contributed by atoms with Gasteiger partial charge in [-0.05, 0) is 18.6 Å². The first-order valence-electron chi connectivity index (χ1n) is 5.28. The lowest BCUT2D eigenvalue weighted by molar-refractivity contribution is 0.0382. The molecular weight excluding hydrogens is 212 g/mol. The summed E-state index contributed by atoms with van der Waals surface area (Å²) in [5, 5.41) is 0.548. The Kier molecular flexibility index (Phi) is 3.44. The zero-order valence-electron chi connectivity index (χ0n) is 8.82. The van der Waals surface area contributed by atoms with Gasteiger partial charge in [-0.25, -0.2) is 4.98 Å². The molecule has 0 radical (unpaired) electrons. The van der Waals surface area contributed by atoms with Crippen LogP contribution in [0.1, 0.15) is 13.3 Å². The second kappa shape index (κ2) is 4.81. The van der Waals surface area contributed by atoms with Gasteiger partial charge in [0.2, 0.25) is 0 Å². The average Bonchev–Trinajstić information content (AvgIpc) is 2.29. The number of rotatable bonds is 2. The Hall–Kier alpha value is -0.800. The minimum Gasteiger partial charge on any atom is -0.375 e. The molecule has 0 bridgehead atoms. The van der Waals surface area contributed by atoms with E-state index in [0.29, 0.717) is 11.3 Å². The third-order valence-corrected chi connectivity index (χ3v) is 2.83. The lowest BCUT2D eigenvalue weighted by Gasteiger charge is -2.33. The van der Waals surface area contributed by atoms with Crippen LogP contribution in [0.15, 0.2) is 18.2 Å². The molecule has 3 nitrogen and oxygen atoms in total. The van der Waals surface area contributed by atoms with Gasteiger partial charge in [-0.1, -0.05) is 24.6 Å². The molecule has 0 amide bonds. The van der Waals surface area contributed by atoms with Crippen LogP contribution in [0, 0.1) is 0 Å². The first-order chi connectivity index (χ1) is 7.29. The molecule has 1 fully saturated rings. The molecule has 82 valence electrons. The molecule has 2 heterocycles. The Bertz CT molecular complexity index is 332. The fourth-order valence-electron chi connectivity index (χ4n) is 1.75. The summed E-state index contributed by atoms with van der Waals surface area (Å²) in [6.45, 7) is 4.71. The zero-order chi connectivity index (χ0) is 10.7. The maximum atomic E-state index is 5.87. The molecular formula is C11H15ClN2O. The second-order valence-electron chi connectivity index (χ2n) is 3.67. The first kappa shape index (κ1) is 10.7. The van der Waals surface area contributed by atoms with Crippen molar-refractivity contribution in [2.45, 2.75) is 19.4 Å². The topological polar surface area (TPSA) is 25.4 Å². The van der Waals surface area contributed by atoms with E-state index in [1.165, 1.54) is 0 Å². The van der Waals surface area contributed by atoms with Gasteiger partial charge >= 0.3 is 0 Å². The van der Waals surface area contributed by atoms with Crippen molar-refractivity contribution >= 4 is 17.4 Å². The monoisotopic (exact) mass is 226 g/mol. The van der Waals surface area contributed by atoms with Crippen LogP contribution in [-0.2, 0) is 4.74 Å². The van der Waals surface area contributed by atoms with E-state index in [1.807, 2.05) is 12.1 Å². The average molecular weight is 227 g/mol. The van der Waals surface area contributed by atoms with E-state index >= 15 is 0 Å². The van der Waals surface area contributed by atoms with Gasteiger partial charge in [-0.15, -0.1) is 0 Å². The van der Waals surface area contributed by atoms with E-state index in [2.05, 4.69) is 16.8 Å². The molecule has 0 N–H and O–H groups in total. The molecule has 1 saturated heterocycles. The van der Waals surface area contributed by atoms with E-state index in [-0.39, 0.29) is 0 Å². The molecule has 0 saturated carbocycles. The molecule has 15 heavy (non-hydrogen) atoms. The van der Waals surface area contributed by atoms with Crippen molar-refractivity contribution in [2.24, 2.45) is 0 Å². The number of morpholine rings is 1. The van der Waals surface area contributed by atoms with Crippen molar-refractivity contribution in [3.8, 4) is 0 Å². The van der Waals surface area contributed by atoms with Crippen molar-refractivity contribution in [2.75, 3.05) is 24.6 Å². The highest BCUT2D eigenvalue weighted by atomic mass is 35.5. The summed E-state index contributed by atoms with van der Waals surface area (Å²) >= 11 is 5.87. The van der Waals surface area contributed by atoms with Crippen LogP contribution in [0.5, 0.6) is 0 Å². The number of hydrogen-bond acceptors (Lipinski definition) is 3. The van der Waals surface area contributed by atoms with E-state index in [1.54, 1.807) is 6.07 Å². The lowest BCUT2D eigenvalue weighted by atomic mass is 10.2. The van der Waals surface area contributed by atoms with E-state index in [0.717, 1.165) is 31.9 Å². The highest BCUT2D eigenvalue weighted by molar-refractivity contribution is 6.29.